The average Bonchev–Trinajstić information content (AvgIpc) is 2.80. The molecule has 3 heterocycles. The number of nitrogens with one attached hydrogen (secondary N) is 1. The molecule has 0 bridgehead atoms. The first kappa shape index (κ1) is 20.2. The quantitative estimate of drug-likeness (QED) is 0.687. The summed E-state index contributed by atoms with van der Waals surface area (Å²) in [6.07, 6.45) is 7.72. The molecule has 1 N–H and O–H groups in total. The van der Waals surface area contributed by atoms with Crippen molar-refractivity contribution in [2.45, 2.75) is 18.6 Å². The molecule has 1 aliphatic heterocycles. The van der Waals surface area contributed by atoms with Crippen molar-refractivity contribution < 1.29 is 9.53 Å². The number of aromatic nitrogens is 2. The van der Waals surface area contributed by atoms with E-state index in [0.717, 1.165) is 29.8 Å². The normalized spacial score (nSPS) is 19.4. The molecule has 0 saturated carbocycles. The van der Waals surface area contributed by atoms with Gasteiger partial charge in [0.1, 0.15) is 0 Å². The number of nitrogens with zero attached hydrogens (tertiary/aromatic N) is 3. The molecule has 1 unspecified atom stereocenters. The fourth-order valence-corrected chi connectivity index (χ4v) is 4.01. The lowest BCUT2D eigenvalue weighted by atomic mass is 9.90. The van der Waals surface area contributed by atoms with Crippen LogP contribution < -0.4 is 5.32 Å². The molecule has 0 radical (unpaired) electrons. The van der Waals surface area contributed by atoms with E-state index in [1.165, 1.54) is 5.56 Å². The molecule has 4 rings (SSSR count). The Kier molecular flexibility index (Phi) is 6.16. The lowest BCUT2D eigenvalue weighted by molar-refractivity contribution is -0.160. The van der Waals surface area contributed by atoms with Crippen molar-refractivity contribution in [3.63, 3.8) is 0 Å². The van der Waals surface area contributed by atoms with E-state index in [4.69, 9.17) is 4.74 Å². The van der Waals surface area contributed by atoms with Gasteiger partial charge in [-0.3, -0.25) is 19.7 Å². The van der Waals surface area contributed by atoms with Crippen molar-refractivity contribution in [2.75, 3.05) is 26.7 Å². The number of morpholine rings is 1. The molecule has 0 spiro atoms. The highest BCUT2D eigenvalue weighted by Crippen LogP contribution is 2.27. The number of hydrogen-bond acceptors (Lipinski definition) is 5. The number of likely N-dealkylation sites (N-methyl/N-ethyl adjacent to an activating group) is 1. The Balaban J connectivity index is 1.57. The summed E-state index contributed by atoms with van der Waals surface area (Å²) >= 11 is 0. The predicted molar refractivity (Wildman–Crippen MR) is 116 cm³/mol. The van der Waals surface area contributed by atoms with Crippen LogP contribution in [0, 0.1) is 0 Å². The zero-order valence-corrected chi connectivity index (χ0v) is 17.1. The number of carbonyl (C=O) groups is 1. The minimum absolute atomic E-state index is 0.0892. The molecular formula is C24H26N4O2. The monoisotopic (exact) mass is 402 g/mol. The van der Waals surface area contributed by atoms with Gasteiger partial charge in [-0.25, -0.2) is 0 Å². The molecule has 1 aliphatic rings. The summed E-state index contributed by atoms with van der Waals surface area (Å²) in [6, 6.07) is 16.2. The second kappa shape index (κ2) is 9.15. The first-order valence-corrected chi connectivity index (χ1v) is 10.2. The highest BCUT2D eigenvalue weighted by molar-refractivity contribution is 5.86. The molecule has 1 aromatic carbocycles. The summed E-state index contributed by atoms with van der Waals surface area (Å²) < 4.78 is 6.16. The van der Waals surface area contributed by atoms with Crippen molar-refractivity contribution in [3.8, 4) is 11.1 Å². The van der Waals surface area contributed by atoms with Crippen LogP contribution in [0.5, 0.6) is 0 Å². The Labute approximate surface area is 176 Å². The van der Waals surface area contributed by atoms with Crippen molar-refractivity contribution in [2.24, 2.45) is 0 Å². The van der Waals surface area contributed by atoms with Gasteiger partial charge in [-0.2, -0.15) is 0 Å². The van der Waals surface area contributed by atoms with Gasteiger partial charge in [-0.15, -0.1) is 0 Å². The van der Waals surface area contributed by atoms with E-state index in [2.05, 4.69) is 38.4 Å². The van der Waals surface area contributed by atoms with Crippen LogP contribution in [0.15, 0.2) is 73.3 Å². The van der Waals surface area contributed by atoms with Gasteiger partial charge in [-0.1, -0.05) is 30.3 Å². The molecular weight excluding hydrogens is 376 g/mol. The van der Waals surface area contributed by atoms with E-state index in [9.17, 15) is 4.79 Å². The van der Waals surface area contributed by atoms with Crippen LogP contribution in [0.4, 0.5) is 0 Å². The number of amides is 1. The van der Waals surface area contributed by atoms with E-state index < -0.39 is 5.60 Å². The number of ether oxygens (including phenoxy) is 1. The van der Waals surface area contributed by atoms with Gasteiger partial charge < -0.3 is 10.1 Å². The summed E-state index contributed by atoms with van der Waals surface area (Å²) in [6.45, 7) is 2.60. The highest BCUT2D eigenvalue weighted by atomic mass is 16.5. The molecule has 2 aromatic heterocycles. The van der Waals surface area contributed by atoms with Gasteiger partial charge in [-0.05, 0) is 40.5 Å². The highest BCUT2D eigenvalue weighted by Gasteiger charge is 2.43. The number of hydrogen-bond donors (Lipinski definition) is 1. The topological polar surface area (TPSA) is 67.4 Å². The number of carbonyl (C=O) groups excluding carboxylic acids is 1. The smallest absolute Gasteiger partial charge is 0.253 e. The second-order valence-electron chi connectivity index (χ2n) is 7.61. The maximum Gasteiger partial charge on any atom is 0.253 e. The zero-order valence-electron chi connectivity index (χ0n) is 17.1. The van der Waals surface area contributed by atoms with Crippen LogP contribution >= 0.6 is 0 Å². The maximum absolute atomic E-state index is 13.0. The van der Waals surface area contributed by atoms with E-state index in [0.29, 0.717) is 19.6 Å². The maximum atomic E-state index is 13.0. The molecule has 154 valence electrons. The minimum atomic E-state index is -0.923. The molecule has 30 heavy (non-hydrogen) atoms. The lowest BCUT2D eigenvalue weighted by Gasteiger charge is -2.41. The molecule has 1 atom stereocenters. The minimum Gasteiger partial charge on any atom is -0.362 e. The largest absolute Gasteiger partial charge is 0.362 e. The Hall–Kier alpha value is -3.09. The fraction of sp³-hybridized carbons (Fsp3) is 0.292. The molecule has 6 heteroatoms. The number of benzene rings is 1. The van der Waals surface area contributed by atoms with Gasteiger partial charge in [0.05, 0.1) is 6.61 Å². The molecule has 3 aromatic rings. The summed E-state index contributed by atoms with van der Waals surface area (Å²) in [5, 5.41) is 2.82. The Morgan fingerprint density at radius 3 is 2.67 bits per heavy atom. The van der Waals surface area contributed by atoms with Gasteiger partial charge in [0.15, 0.2) is 5.60 Å². The number of rotatable bonds is 6. The standard InChI is InChI=1S/C24H26N4O2/c1-25-23(29)24(18-28(12-13-30-24)17-19-7-10-26-11-8-19)15-20-4-2-5-21(14-20)22-6-3-9-27-16-22/h2-11,14,16H,12-13,15,17-18H2,1H3,(H,25,29). The van der Waals surface area contributed by atoms with E-state index >= 15 is 0 Å². The van der Waals surface area contributed by atoms with E-state index in [-0.39, 0.29) is 5.91 Å². The summed E-state index contributed by atoms with van der Waals surface area (Å²) in [7, 11) is 1.67. The Bertz CT molecular complexity index is 981. The van der Waals surface area contributed by atoms with Gasteiger partial charge in [0, 0.05) is 57.9 Å². The predicted octanol–water partition coefficient (Wildman–Crippen LogP) is 2.70. The summed E-state index contributed by atoms with van der Waals surface area (Å²) in [5.74, 6) is -0.0892. The Morgan fingerprint density at radius 2 is 1.90 bits per heavy atom. The second-order valence-corrected chi connectivity index (χ2v) is 7.61. The van der Waals surface area contributed by atoms with Crippen LogP contribution in [-0.4, -0.2) is 53.1 Å². The van der Waals surface area contributed by atoms with Crippen molar-refractivity contribution in [1.82, 2.24) is 20.2 Å². The van der Waals surface area contributed by atoms with Crippen LogP contribution in [0.1, 0.15) is 11.1 Å². The van der Waals surface area contributed by atoms with Crippen LogP contribution in [0.3, 0.4) is 0 Å². The summed E-state index contributed by atoms with van der Waals surface area (Å²) in [5.41, 5.74) is 3.45. The van der Waals surface area contributed by atoms with Crippen LogP contribution in [-0.2, 0) is 22.5 Å². The molecule has 1 amide bonds. The molecule has 6 nitrogen and oxygen atoms in total. The van der Waals surface area contributed by atoms with Crippen molar-refractivity contribution in [1.29, 1.82) is 0 Å². The third-order valence-corrected chi connectivity index (χ3v) is 5.47. The zero-order chi connectivity index (χ0) is 20.8. The third-order valence-electron chi connectivity index (χ3n) is 5.47. The van der Waals surface area contributed by atoms with Gasteiger partial charge in [0.2, 0.25) is 0 Å². The van der Waals surface area contributed by atoms with E-state index in [1.54, 1.807) is 25.6 Å². The fourth-order valence-electron chi connectivity index (χ4n) is 4.01. The van der Waals surface area contributed by atoms with Crippen molar-refractivity contribution >= 4 is 5.91 Å². The van der Waals surface area contributed by atoms with Gasteiger partial charge >= 0.3 is 0 Å². The van der Waals surface area contributed by atoms with Crippen LogP contribution in [0.2, 0.25) is 0 Å². The first-order valence-electron chi connectivity index (χ1n) is 10.2. The first-order chi connectivity index (χ1) is 14.7. The number of pyridine rings is 2. The molecule has 1 fully saturated rings. The SMILES string of the molecule is CNC(=O)C1(Cc2cccc(-c3cccnc3)c2)CN(Cc2ccncc2)CCO1. The van der Waals surface area contributed by atoms with Crippen LogP contribution in [0.25, 0.3) is 11.1 Å². The molecule has 1 saturated heterocycles. The third kappa shape index (κ3) is 4.56. The van der Waals surface area contributed by atoms with Gasteiger partial charge in [0.25, 0.3) is 5.91 Å². The van der Waals surface area contributed by atoms with E-state index in [1.807, 2.05) is 36.5 Å². The Morgan fingerprint density at radius 1 is 1.07 bits per heavy atom. The lowest BCUT2D eigenvalue weighted by Crippen LogP contribution is -2.60. The molecule has 0 aliphatic carbocycles. The average molecular weight is 402 g/mol. The summed E-state index contributed by atoms with van der Waals surface area (Å²) in [4.78, 5) is 23.5. The van der Waals surface area contributed by atoms with Crippen molar-refractivity contribution in [3.05, 3.63) is 84.4 Å².